The van der Waals surface area contributed by atoms with Gasteiger partial charge in [-0.05, 0) is 50.6 Å². The van der Waals surface area contributed by atoms with Crippen molar-refractivity contribution in [3.05, 3.63) is 0 Å². The van der Waals surface area contributed by atoms with Gasteiger partial charge in [-0.1, -0.05) is 0 Å². The van der Waals surface area contributed by atoms with Crippen molar-refractivity contribution in [3.63, 3.8) is 0 Å². The molecule has 140 valence electrons. The highest BCUT2D eigenvalue weighted by molar-refractivity contribution is 7.80. The summed E-state index contributed by atoms with van der Waals surface area (Å²) >= 11 is 0. The average molecular weight is 374 g/mol. The Kier molecular flexibility index (Phi) is 4.13. The first-order valence-corrected chi connectivity index (χ1v) is 9.98. The van der Waals surface area contributed by atoms with E-state index in [4.69, 9.17) is 4.55 Å². The van der Waals surface area contributed by atoms with Crippen LogP contribution < -0.4 is 10.6 Å². The second-order valence-corrected chi connectivity index (χ2v) is 8.30. The van der Waals surface area contributed by atoms with Crippen LogP contribution in [0.4, 0.5) is 4.79 Å². The molecule has 1 saturated carbocycles. The summed E-state index contributed by atoms with van der Waals surface area (Å²) in [6, 6.07) is -1.68. The number of carbonyl (C=O) groups is 2. The first kappa shape index (κ1) is 17.0. The molecule has 10 nitrogen and oxygen atoms in total. The third kappa shape index (κ3) is 3.09. The van der Waals surface area contributed by atoms with Crippen molar-refractivity contribution in [1.82, 2.24) is 20.6 Å². The molecule has 0 radical (unpaired) electrons. The van der Waals surface area contributed by atoms with Gasteiger partial charge in [-0.2, -0.15) is 13.5 Å². The number of fused-ring (bicyclic) bond motifs is 4. The fraction of sp³-hybridized carbons (Fsp3) is 0.857. The van der Waals surface area contributed by atoms with Gasteiger partial charge in [0.1, 0.15) is 6.04 Å². The Morgan fingerprint density at radius 3 is 2.52 bits per heavy atom. The highest BCUT2D eigenvalue weighted by Gasteiger charge is 2.50. The number of rotatable bonds is 4. The Morgan fingerprint density at radius 2 is 1.88 bits per heavy atom. The van der Waals surface area contributed by atoms with Gasteiger partial charge < -0.3 is 15.5 Å². The summed E-state index contributed by atoms with van der Waals surface area (Å²) < 4.78 is 35.0. The Balaban J connectivity index is 1.44. The molecule has 11 heteroatoms. The van der Waals surface area contributed by atoms with Crippen molar-refractivity contribution < 1.29 is 26.8 Å². The zero-order valence-electron chi connectivity index (χ0n) is 13.6. The van der Waals surface area contributed by atoms with Crippen molar-refractivity contribution in [2.45, 2.75) is 43.8 Å². The smallest absolute Gasteiger partial charge is 0.351 e. The van der Waals surface area contributed by atoms with Crippen LogP contribution in [0, 0.1) is 11.8 Å². The SMILES string of the molecule is O=C(NC1C2CC[C@H]1CNC2)[C@@H]1CC[C@@H]2CN1C(=O)N2OS(=O)(=O)O. The van der Waals surface area contributed by atoms with Crippen LogP contribution in [-0.4, -0.2) is 72.6 Å². The quantitative estimate of drug-likeness (QED) is 0.544. The fourth-order valence-electron chi connectivity index (χ4n) is 4.68. The molecule has 3 saturated heterocycles. The van der Waals surface area contributed by atoms with E-state index in [0.717, 1.165) is 25.9 Å². The summed E-state index contributed by atoms with van der Waals surface area (Å²) in [5, 5.41) is 7.15. The molecule has 0 aromatic heterocycles. The molecular weight excluding hydrogens is 352 g/mol. The zero-order chi connectivity index (χ0) is 17.8. The summed E-state index contributed by atoms with van der Waals surface area (Å²) in [5.41, 5.74) is 0. The van der Waals surface area contributed by atoms with E-state index in [2.05, 4.69) is 14.9 Å². The minimum Gasteiger partial charge on any atom is -0.351 e. The average Bonchev–Trinajstić information content (AvgIpc) is 2.90. The van der Waals surface area contributed by atoms with Gasteiger partial charge in [-0.25, -0.2) is 4.79 Å². The molecule has 4 fully saturated rings. The van der Waals surface area contributed by atoms with Crippen LogP contribution in [0.3, 0.4) is 0 Å². The Bertz CT molecular complexity index is 669. The van der Waals surface area contributed by atoms with E-state index in [1.807, 2.05) is 0 Å². The highest BCUT2D eigenvalue weighted by Crippen LogP contribution is 2.35. The molecule has 3 heterocycles. The number of hydroxylamine groups is 2. The Morgan fingerprint density at radius 1 is 1.20 bits per heavy atom. The summed E-state index contributed by atoms with van der Waals surface area (Å²) in [6.07, 6.45) is 3.06. The molecule has 4 bridgehead atoms. The third-order valence-electron chi connectivity index (χ3n) is 5.85. The highest BCUT2D eigenvalue weighted by atomic mass is 32.3. The van der Waals surface area contributed by atoms with Gasteiger partial charge in [-0.3, -0.25) is 9.35 Å². The second kappa shape index (κ2) is 6.08. The van der Waals surface area contributed by atoms with E-state index in [9.17, 15) is 18.0 Å². The van der Waals surface area contributed by atoms with Crippen molar-refractivity contribution in [2.24, 2.45) is 11.8 Å². The van der Waals surface area contributed by atoms with Gasteiger partial charge in [0.25, 0.3) is 0 Å². The monoisotopic (exact) mass is 374 g/mol. The molecule has 5 atom stereocenters. The van der Waals surface area contributed by atoms with Crippen molar-refractivity contribution >= 4 is 22.3 Å². The maximum atomic E-state index is 12.8. The molecule has 3 aliphatic heterocycles. The molecule has 3 amide bonds. The second-order valence-electron chi connectivity index (χ2n) is 7.30. The molecule has 3 N–H and O–H groups in total. The van der Waals surface area contributed by atoms with Crippen molar-refractivity contribution in [1.29, 1.82) is 0 Å². The van der Waals surface area contributed by atoms with Gasteiger partial charge >= 0.3 is 16.4 Å². The third-order valence-corrected chi connectivity index (χ3v) is 6.19. The van der Waals surface area contributed by atoms with Crippen LogP contribution in [0.5, 0.6) is 0 Å². The lowest BCUT2D eigenvalue weighted by Crippen LogP contribution is -2.57. The Labute approximate surface area is 145 Å². The normalized spacial score (nSPS) is 37.5. The van der Waals surface area contributed by atoms with Crippen LogP contribution in [0.2, 0.25) is 0 Å². The maximum Gasteiger partial charge on any atom is 0.418 e. The molecule has 1 aliphatic carbocycles. The first-order chi connectivity index (χ1) is 11.8. The largest absolute Gasteiger partial charge is 0.418 e. The minimum atomic E-state index is -4.77. The number of carbonyl (C=O) groups excluding carboxylic acids is 2. The lowest BCUT2D eigenvalue weighted by molar-refractivity contribution is -0.127. The van der Waals surface area contributed by atoms with E-state index >= 15 is 0 Å². The molecule has 25 heavy (non-hydrogen) atoms. The van der Waals surface area contributed by atoms with Crippen molar-refractivity contribution in [2.75, 3.05) is 19.6 Å². The first-order valence-electron chi connectivity index (χ1n) is 8.61. The molecule has 4 aliphatic rings. The predicted molar refractivity (Wildman–Crippen MR) is 84.4 cm³/mol. The summed E-state index contributed by atoms with van der Waals surface area (Å²) in [5.74, 6) is 0.657. The van der Waals surface area contributed by atoms with Crippen LogP contribution in [0.1, 0.15) is 25.7 Å². The number of nitrogens with one attached hydrogen (secondary N) is 2. The van der Waals surface area contributed by atoms with E-state index in [0.29, 0.717) is 29.7 Å². The molecule has 0 aromatic rings. The van der Waals surface area contributed by atoms with E-state index in [1.54, 1.807) is 0 Å². The number of piperidine rings is 2. The van der Waals surface area contributed by atoms with Crippen LogP contribution in [0.25, 0.3) is 0 Å². The van der Waals surface area contributed by atoms with E-state index in [-0.39, 0.29) is 18.5 Å². The predicted octanol–water partition coefficient (Wildman–Crippen LogP) is -0.896. The van der Waals surface area contributed by atoms with Gasteiger partial charge in [0.05, 0.1) is 6.04 Å². The summed E-state index contributed by atoms with van der Waals surface area (Å²) in [7, 11) is -4.77. The van der Waals surface area contributed by atoms with Gasteiger partial charge in [0.15, 0.2) is 0 Å². The Hall–Kier alpha value is -1.43. The topological polar surface area (TPSA) is 128 Å². The summed E-state index contributed by atoms with van der Waals surface area (Å²) in [4.78, 5) is 26.5. The molecule has 0 aromatic carbocycles. The van der Waals surface area contributed by atoms with Crippen molar-refractivity contribution in [3.8, 4) is 0 Å². The lowest BCUT2D eigenvalue weighted by atomic mass is 9.92. The van der Waals surface area contributed by atoms with Crippen LogP contribution in [-0.2, 0) is 19.5 Å². The number of amides is 3. The van der Waals surface area contributed by atoms with E-state index in [1.165, 1.54) is 4.90 Å². The molecule has 0 spiro atoms. The minimum absolute atomic E-state index is 0.134. The number of urea groups is 1. The van der Waals surface area contributed by atoms with Gasteiger partial charge in [0, 0.05) is 12.6 Å². The fourth-order valence-corrected chi connectivity index (χ4v) is 5.07. The lowest BCUT2D eigenvalue weighted by Gasteiger charge is -2.35. The zero-order valence-corrected chi connectivity index (χ0v) is 14.4. The molecular formula is C14H22N4O6S. The molecule has 4 rings (SSSR count). The van der Waals surface area contributed by atoms with Crippen LogP contribution >= 0.6 is 0 Å². The van der Waals surface area contributed by atoms with Gasteiger partial charge in [0.2, 0.25) is 5.91 Å². The molecule has 2 unspecified atom stereocenters. The summed E-state index contributed by atoms with van der Waals surface area (Å²) in [6.45, 7) is 2.01. The maximum absolute atomic E-state index is 12.8. The van der Waals surface area contributed by atoms with Gasteiger partial charge in [-0.15, -0.1) is 4.28 Å². The standard InChI is InChI=1S/C14H22N4O6S/c19-13(16-12-8-1-2-9(12)6-15-5-8)11-4-3-10-7-17(11)14(20)18(10)24-25(21,22)23/h8-12,15H,1-7H2,(H,16,19)(H,21,22,23)/t8-,9?,10+,11-,12?/m0/s1. The number of hydrogen-bond donors (Lipinski definition) is 3. The number of nitrogens with zero attached hydrogens (tertiary/aromatic N) is 2. The van der Waals surface area contributed by atoms with E-state index < -0.39 is 28.5 Å². The van der Waals surface area contributed by atoms with Crippen LogP contribution in [0.15, 0.2) is 0 Å². The number of hydrogen-bond acceptors (Lipinski definition) is 6.